The number of hydrogen-bond acceptors (Lipinski definition) is 4. The van der Waals surface area contributed by atoms with Crippen LogP contribution >= 0.6 is 0 Å². The molecular formula is C24H28N4O. The number of benzene rings is 2. The van der Waals surface area contributed by atoms with Crippen molar-refractivity contribution in [3.8, 4) is 0 Å². The molecule has 5 heteroatoms. The summed E-state index contributed by atoms with van der Waals surface area (Å²) in [5.41, 5.74) is 5.84. The molecule has 0 saturated carbocycles. The number of nitrogens with one attached hydrogen (secondary N) is 1. The van der Waals surface area contributed by atoms with E-state index in [2.05, 4.69) is 51.4 Å². The second kappa shape index (κ2) is 8.21. The minimum Gasteiger partial charge on any atom is -0.369 e. The van der Waals surface area contributed by atoms with E-state index < -0.39 is 0 Å². The monoisotopic (exact) mass is 388 g/mol. The zero-order valence-corrected chi connectivity index (χ0v) is 17.4. The highest BCUT2D eigenvalue weighted by Gasteiger charge is 2.18. The number of pyridine rings is 1. The Kier molecular flexibility index (Phi) is 5.49. The molecular weight excluding hydrogens is 360 g/mol. The van der Waals surface area contributed by atoms with Gasteiger partial charge in [0.1, 0.15) is 0 Å². The number of likely N-dealkylation sites (N-methyl/N-ethyl adjacent to an activating group) is 1. The Balaban J connectivity index is 1.52. The minimum absolute atomic E-state index is 0.0772. The molecule has 1 N–H and O–H groups in total. The number of aryl methyl sites for hydroxylation is 2. The molecule has 1 aliphatic rings. The third-order valence-electron chi connectivity index (χ3n) is 5.68. The first kappa shape index (κ1) is 19.4. The Morgan fingerprint density at radius 2 is 1.79 bits per heavy atom. The van der Waals surface area contributed by atoms with Gasteiger partial charge in [-0.25, -0.2) is 0 Å². The summed E-state index contributed by atoms with van der Waals surface area (Å²) in [6.45, 7) is 8.58. The van der Waals surface area contributed by atoms with Crippen molar-refractivity contribution in [3.05, 3.63) is 70.9 Å². The van der Waals surface area contributed by atoms with Crippen molar-refractivity contribution >= 4 is 22.5 Å². The molecule has 29 heavy (non-hydrogen) atoms. The van der Waals surface area contributed by atoms with Crippen molar-refractivity contribution in [1.82, 2.24) is 15.2 Å². The van der Waals surface area contributed by atoms with E-state index in [9.17, 15) is 4.79 Å². The smallest absolute Gasteiger partial charge is 0.253 e. The summed E-state index contributed by atoms with van der Waals surface area (Å²) < 4.78 is 0. The van der Waals surface area contributed by atoms with E-state index in [-0.39, 0.29) is 5.91 Å². The lowest BCUT2D eigenvalue weighted by atomic mass is 10.1. The van der Waals surface area contributed by atoms with Crippen molar-refractivity contribution in [2.75, 3.05) is 38.1 Å². The van der Waals surface area contributed by atoms with Crippen LogP contribution in [0.5, 0.6) is 0 Å². The van der Waals surface area contributed by atoms with Crippen LogP contribution in [-0.2, 0) is 6.54 Å². The first-order chi connectivity index (χ1) is 14.0. The van der Waals surface area contributed by atoms with Crippen LogP contribution < -0.4 is 10.2 Å². The molecule has 3 aromatic rings. The van der Waals surface area contributed by atoms with Gasteiger partial charge >= 0.3 is 0 Å². The summed E-state index contributed by atoms with van der Waals surface area (Å²) in [6.07, 6.45) is 0. The number of hydrogen-bond donors (Lipinski definition) is 1. The second-order valence-corrected chi connectivity index (χ2v) is 7.92. The molecule has 150 valence electrons. The molecule has 0 aliphatic carbocycles. The zero-order chi connectivity index (χ0) is 20.4. The standard InChI is InChI=1S/C24H28N4O/c1-17-8-9-22-20(14-17)15-21(18(2)26-22)24(29)25-16-19-6-4-5-7-23(19)28-12-10-27(3)11-13-28/h4-9,14-15H,10-13,16H2,1-3H3,(H,25,29). The van der Waals surface area contributed by atoms with Crippen LogP contribution in [-0.4, -0.2) is 49.0 Å². The van der Waals surface area contributed by atoms with Crippen LogP contribution in [0.15, 0.2) is 48.5 Å². The number of anilines is 1. The van der Waals surface area contributed by atoms with Crippen LogP contribution in [0.3, 0.4) is 0 Å². The van der Waals surface area contributed by atoms with Gasteiger partial charge in [-0.05, 0) is 50.7 Å². The van der Waals surface area contributed by atoms with Crippen molar-refractivity contribution in [2.24, 2.45) is 0 Å². The summed E-state index contributed by atoms with van der Waals surface area (Å²) >= 11 is 0. The van der Waals surface area contributed by atoms with Crippen LogP contribution in [0.25, 0.3) is 10.9 Å². The lowest BCUT2D eigenvalue weighted by Crippen LogP contribution is -2.45. The Morgan fingerprint density at radius 3 is 2.59 bits per heavy atom. The van der Waals surface area contributed by atoms with E-state index in [1.165, 1.54) is 5.69 Å². The van der Waals surface area contributed by atoms with Gasteiger partial charge in [-0.3, -0.25) is 9.78 Å². The maximum absolute atomic E-state index is 12.9. The normalized spacial score (nSPS) is 14.9. The Bertz CT molecular complexity index is 1040. The van der Waals surface area contributed by atoms with Gasteiger partial charge in [0.05, 0.1) is 16.8 Å². The molecule has 2 heterocycles. The first-order valence-electron chi connectivity index (χ1n) is 10.2. The summed E-state index contributed by atoms with van der Waals surface area (Å²) in [4.78, 5) is 22.3. The number of para-hydroxylation sites is 1. The van der Waals surface area contributed by atoms with Crippen LogP contribution in [0.1, 0.15) is 27.2 Å². The van der Waals surface area contributed by atoms with Gasteiger partial charge in [-0.2, -0.15) is 0 Å². The molecule has 2 aromatic carbocycles. The predicted molar refractivity (Wildman–Crippen MR) is 119 cm³/mol. The Labute approximate surface area is 172 Å². The highest BCUT2D eigenvalue weighted by molar-refractivity contribution is 5.98. The van der Waals surface area contributed by atoms with Gasteiger partial charge in [-0.1, -0.05) is 29.8 Å². The molecule has 1 aromatic heterocycles. The molecule has 1 aliphatic heterocycles. The minimum atomic E-state index is -0.0772. The van der Waals surface area contributed by atoms with Crippen LogP contribution in [0.4, 0.5) is 5.69 Å². The number of rotatable bonds is 4. The van der Waals surface area contributed by atoms with Crippen LogP contribution in [0, 0.1) is 13.8 Å². The van der Waals surface area contributed by atoms with Gasteiger partial charge in [0.25, 0.3) is 5.91 Å². The van der Waals surface area contributed by atoms with Gasteiger partial charge in [0.2, 0.25) is 0 Å². The molecule has 0 atom stereocenters. The fraction of sp³-hybridized carbons (Fsp3) is 0.333. The molecule has 1 amide bonds. The van der Waals surface area contributed by atoms with Gasteiger partial charge < -0.3 is 15.1 Å². The summed E-state index contributed by atoms with van der Waals surface area (Å²) in [5, 5.41) is 4.11. The lowest BCUT2D eigenvalue weighted by molar-refractivity contribution is 0.0950. The second-order valence-electron chi connectivity index (χ2n) is 7.92. The highest BCUT2D eigenvalue weighted by atomic mass is 16.1. The third kappa shape index (κ3) is 4.25. The van der Waals surface area contributed by atoms with E-state index >= 15 is 0 Å². The van der Waals surface area contributed by atoms with E-state index in [0.717, 1.165) is 53.9 Å². The summed E-state index contributed by atoms with van der Waals surface area (Å²) in [6, 6.07) is 16.4. The highest BCUT2D eigenvalue weighted by Crippen LogP contribution is 2.22. The zero-order valence-electron chi connectivity index (χ0n) is 17.4. The molecule has 0 unspecified atom stereocenters. The lowest BCUT2D eigenvalue weighted by Gasteiger charge is -2.35. The SMILES string of the molecule is Cc1ccc2nc(C)c(C(=O)NCc3ccccc3N3CCN(C)CC3)cc2c1. The molecule has 0 bridgehead atoms. The number of carbonyl (C=O) groups is 1. The van der Waals surface area contributed by atoms with Gasteiger partial charge in [0, 0.05) is 43.8 Å². The van der Waals surface area contributed by atoms with Gasteiger partial charge in [-0.15, -0.1) is 0 Å². The summed E-state index contributed by atoms with van der Waals surface area (Å²) in [7, 11) is 2.16. The molecule has 0 spiro atoms. The van der Waals surface area contributed by atoms with E-state index in [1.807, 2.05) is 38.1 Å². The molecule has 4 rings (SSSR count). The predicted octanol–water partition coefficient (Wildman–Crippen LogP) is 3.53. The molecule has 1 fully saturated rings. The number of amides is 1. The number of fused-ring (bicyclic) bond motifs is 1. The van der Waals surface area contributed by atoms with Crippen molar-refractivity contribution < 1.29 is 4.79 Å². The maximum atomic E-state index is 12.9. The first-order valence-corrected chi connectivity index (χ1v) is 10.2. The average molecular weight is 389 g/mol. The van der Waals surface area contributed by atoms with Crippen molar-refractivity contribution in [3.63, 3.8) is 0 Å². The largest absolute Gasteiger partial charge is 0.369 e. The Morgan fingerprint density at radius 1 is 1.03 bits per heavy atom. The molecule has 5 nitrogen and oxygen atoms in total. The quantitative estimate of drug-likeness (QED) is 0.743. The number of carbonyl (C=O) groups excluding carboxylic acids is 1. The fourth-order valence-corrected chi connectivity index (χ4v) is 3.91. The van der Waals surface area contributed by atoms with Crippen molar-refractivity contribution in [1.29, 1.82) is 0 Å². The number of nitrogens with zero attached hydrogens (tertiary/aromatic N) is 3. The molecule has 1 saturated heterocycles. The average Bonchev–Trinajstić information content (AvgIpc) is 2.72. The topological polar surface area (TPSA) is 48.5 Å². The van der Waals surface area contributed by atoms with E-state index in [1.54, 1.807) is 0 Å². The Hall–Kier alpha value is -2.92. The van der Waals surface area contributed by atoms with E-state index in [4.69, 9.17) is 0 Å². The maximum Gasteiger partial charge on any atom is 0.253 e. The van der Waals surface area contributed by atoms with Gasteiger partial charge in [0.15, 0.2) is 0 Å². The van der Waals surface area contributed by atoms with Crippen LogP contribution in [0.2, 0.25) is 0 Å². The summed E-state index contributed by atoms with van der Waals surface area (Å²) in [5.74, 6) is -0.0772. The molecule has 0 radical (unpaired) electrons. The third-order valence-corrected chi connectivity index (χ3v) is 5.68. The number of aromatic nitrogens is 1. The fourth-order valence-electron chi connectivity index (χ4n) is 3.91. The van der Waals surface area contributed by atoms with Crippen molar-refractivity contribution in [2.45, 2.75) is 20.4 Å². The van der Waals surface area contributed by atoms with E-state index in [0.29, 0.717) is 12.1 Å². The number of piperazine rings is 1.